The molecule has 1 N–H and O–H groups in total. The van der Waals surface area contributed by atoms with Crippen LogP contribution in [0.2, 0.25) is 0 Å². The molecule has 44 heavy (non-hydrogen) atoms. The average molecular weight is 651 g/mol. The Labute approximate surface area is 270 Å². The first-order valence-electron chi connectivity index (χ1n) is 17.8. The fourth-order valence-corrected chi connectivity index (χ4v) is 5.50. The molecule has 0 heterocycles. The Morgan fingerprint density at radius 1 is 0.614 bits per heavy atom. The van der Waals surface area contributed by atoms with Crippen LogP contribution in [0.15, 0.2) is 0 Å². The zero-order valence-electron chi connectivity index (χ0n) is 29.2. The van der Waals surface area contributed by atoms with Gasteiger partial charge in [-0.05, 0) is 12.8 Å². The van der Waals surface area contributed by atoms with E-state index in [1.165, 1.54) is 96.3 Å². The van der Waals surface area contributed by atoms with Crippen molar-refractivity contribution in [3.8, 4) is 0 Å². The first-order chi connectivity index (χ1) is 21.0. The highest BCUT2D eigenvalue weighted by molar-refractivity contribution is 7.47. The SMILES string of the molecule is CCCCCCCCCCCCCCCCCCCCC(=O)OC(COC(=O)CCCC)COP(=O)(O)OCC[N+](C)(C)C. The molecule has 0 aromatic rings. The van der Waals surface area contributed by atoms with Crippen LogP contribution in [0.1, 0.15) is 155 Å². The summed E-state index contributed by atoms with van der Waals surface area (Å²) >= 11 is 0. The van der Waals surface area contributed by atoms with Crippen molar-refractivity contribution in [3.05, 3.63) is 0 Å². The molecule has 2 atom stereocenters. The molecule has 0 rings (SSSR count). The van der Waals surface area contributed by atoms with Crippen LogP contribution in [0, 0.1) is 0 Å². The van der Waals surface area contributed by atoms with Gasteiger partial charge in [0, 0.05) is 12.8 Å². The van der Waals surface area contributed by atoms with Crippen LogP contribution in [0.25, 0.3) is 0 Å². The highest BCUT2D eigenvalue weighted by atomic mass is 31.2. The van der Waals surface area contributed by atoms with Crippen LogP contribution in [0.4, 0.5) is 0 Å². The van der Waals surface area contributed by atoms with E-state index >= 15 is 0 Å². The second-order valence-corrected chi connectivity index (χ2v) is 14.7. The van der Waals surface area contributed by atoms with Crippen molar-refractivity contribution in [2.45, 2.75) is 161 Å². The van der Waals surface area contributed by atoms with E-state index in [2.05, 4.69) is 6.92 Å². The van der Waals surface area contributed by atoms with Gasteiger partial charge in [0.1, 0.15) is 19.8 Å². The molecule has 0 aromatic carbocycles. The minimum Gasteiger partial charge on any atom is -0.462 e. The average Bonchev–Trinajstić information content (AvgIpc) is 2.96. The highest BCUT2D eigenvalue weighted by Crippen LogP contribution is 2.43. The lowest BCUT2D eigenvalue weighted by molar-refractivity contribution is -0.870. The molecule has 0 amide bonds. The molecule has 0 aliphatic carbocycles. The number of quaternary nitrogens is 1. The summed E-state index contributed by atoms with van der Waals surface area (Å²) in [6.45, 7) is 4.16. The summed E-state index contributed by atoms with van der Waals surface area (Å²) in [7, 11) is 1.48. The Hall–Kier alpha value is -0.990. The van der Waals surface area contributed by atoms with Crippen LogP contribution in [-0.2, 0) is 32.7 Å². The van der Waals surface area contributed by atoms with E-state index in [9.17, 15) is 19.0 Å². The monoisotopic (exact) mass is 650 g/mol. The molecule has 9 nitrogen and oxygen atoms in total. The summed E-state index contributed by atoms with van der Waals surface area (Å²) in [6, 6.07) is 0. The molecular weight excluding hydrogens is 581 g/mol. The summed E-state index contributed by atoms with van der Waals surface area (Å²) in [4.78, 5) is 34.4. The molecule has 0 bridgehead atoms. The van der Waals surface area contributed by atoms with Crippen LogP contribution in [0.5, 0.6) is 0 Å². The van der Waals surface area contributed by atoms with Gasteiger partial charge in [-0.15, -0.1) is 0 Å². The fraction of sp³-hybridized carbons (Fsp3) is 0.941. The molecule has 0 spiro atoms. The Kier molecular flexibility index (Phi) is 27.6. The summed E-state index contributed by atoms with van der Waals surface area (Å²) in [5, 5.41) is 0. The van der Waals surface area contributed by atoms with Gasteiger partial charge >= 0.3 is 19.8 Å². The maximum atomic E-state index is 12.5. The van der Waals surface area contributed by atoms with Crippen LogP contribution >= 0.6 is 7.82 Å². The van der Waals surface area contributed by atoms with Gasteiger partial charge in [0.05, 0.1) is 27.7 Å². The van der Waals surface area contributed by atoms with Gasteiger partial charge in [-0.3, -0.25) is 18.6 Å². The number of hydrogen-bond donors (Lipinski definition) is 1. The first kappa shape index (κ1) is 43.0. The molecule has 0 fully saturated rings. The molecule has 0 saturated carbocycles. The van der Waals surface area contributed by atoms with Crippen molar-refractivity contribution in [3.63, 3.8) is 0 Å². The van der Waals surface area contributed by atoms with Crippen molar-refractivity contribution in [2.75, 3.05) is 47.5 Å². The summed E-state index contributed by atoms with van der Waals surface area (Å²) in [6.07, 6.45) is 24.1. The number of esters is 2. The molecule has 0 aromatic heterocycles. The van der Waals surface area contributed by atoms with Crippen molar-refractivity contribution in [2.24, 2.45) is 0 Å². The van der Waals surface area contributed by atoms with Crippen LogP contribution < -0.4 is 0 Å². The highest BCUT2D eigenvalue weighted by Gasteiger charge is 2.27. The lowest BCUT2D eigenvalue weighted by atomic mass is 10.0. The van der Waals surface area contributed by atoms with E-state index < -0.39 is 32.5 Å². The minimum atomic E-state index is -4.34. The van der Waals surface area contributed by atoms with E-state index in [0.717, 1.165) is 19.3 Å². The predicted octanol–water partition coefficient (Wildman–Crippen LogP) is 8.90. The molecule has 10 heteroatoms. The molecule has 2 unspecified atom stereocenters. The number of ether oxygens (including phenoxy) is 2. The zero-order valence-corrected chi connectivity index (χ0v) is 30.1. The fourth-order valence-electron chi connectivity index (χ4n) is 4.76. The van der Waals surface area contributed by atoms with Crippen molar-refractivity contribution >= 4 is 19.8 Å². The molecule has 0 aliphatic rings. The van der Waals surface area contributed by atoms with E-state index in [4.69, 9.17) is 18.5 Å². The summed E-state index contributed by atoms with van der Waals surface area (Å²) in [5.74, 6) is -0.832. The van der Waals surface area contributed by atoms with Crippen molar-refractivity contribution in [1.29, 1.82) is 0 Å². The number of nitrogens with zero attached hydrogens (tertiary/aromatic N) is 1. The Morgan fingerprint density at radius 2 is 1.05 bits per heavy atom. The molecule has 0 saturated heterocycles. The smallest absolute Gasteiger partial charge is 0.462 e. The second kappa shape index (κ2) is 28.3. The van der Waals surface area contributed by atoms with E-state index in [1.54, 1.807) is 0 Å². The van der Waals surface area contributed by atoms with Gasteiger partial charge in [0.15, 0.2) is 6.10 Å². The van der Waals surface area contributed by atoms with Gasteiger partial charge in [-0.2, -0.15) is 0 Å². The lowest BCUT2D eigenvalue weighted by Crippen LogP contribution is -2.37. The van der Waals surface area contributed by atoms with Crippen LogP contribution in [0.3, 0.4) is 0 Å². The summed E-state index contributed by atoms with van der Waals surface area (Å²) in [5.41, 5.74) is 0. The number of carbonyl (C=O) groups is 2. The van der Waals surface area contributed by atoms with E-state index in [1.807, 2.05) is 28.1 Å². The number of carbonyl (C=O) groups excluding carboxylic acids is 2. The molecule has 0 radical (unpaired) electrons. The van der Waals surface area contributed by atoms with Gasteiger partial charge < -0.3 is 18.9 Å². The lowest BCUT2D eigenvalue weighted by Gasteiger charge is -2.24. The first-order valence-corrected chi connectivity index (χ1v) is 19.3. The third-order valence-corrected chi connectivity index (χ3v) is 8.62. The van der Waals surface area contributed by atoms with Crippen molar-refractivity contribution < 1.29 is 42.1 Å². The zero-order chi connectivity index (χ0) is 32.9. The number of unbranched alkanes of at least 4 members (excludes halogenated alkanes) is 18. The Bertz CT molecular complexity index is 743. The molecule has 0 aliphatic heterocycles. The van der Waals surface area contributed by atoms with Crippen LogP contribution in [-0.4, -0.2) is 74.9 Å². The number of hydrogen-bond acceptors (Lipinski definition) is 7. The quantitative estimate of drug-likeness (QED) is 0.0333. The third kappa shape index (κ3) is 31.0. The van der Waals surface area contributed by atoms with Gasteiger partial charge in [-0.1, -0.05) is 129 Å². The van der Waals surface area contributed by atoms with E-state index in [-0.39, 0.29) is 26.1 Å². The molecular formula is C34H69NO8P+. The third-order valence-electron chi connectivity index (χ3n) is 7.64. The van der Waals surface area contributed by atoms with Gasteiger partial charge in [0.25, 0.3) is 0 Å². The summed E-state index contributed by atoms with van der Waals surface area (Å²) < 4.78 is 33.6. The number of rotatable bonds is 32. The Morgan fingerprint density at radius 3 is 1.50 bits per heavy atom. The topological polar surface area (TPSA) is 108 Å². The minimum absolute atomic E-state index is 0.0348. The predicted molar refractivity (Wildman–Crippen MR) is 178 cm³/mol. The van der Waals surface area contributed by atoms with Gasteiger partial charge in [0.2, 0.25) is 0 Å². The number of phosphoric ester groups is 1. The normalized spacial score (nSPS) is 13.9. The largest absolute Gasteiger partial charge is 0.472 e. The maximum absolute atomic E-state index is 12.5. The van der Waals surface area contributed by atoms with Crippen molar-refractivity contribution in [1.82, 2.24) is 0 Å². The standard InChI is InChI=1S/C34H68NO8P/c1-6-8-10-11-12-13-14-15-16-17-18-19-20-21-22-23-24-25-27-34(37)43-32(30-40-33(36)26-9-7-2)31-42-44(38,39)41-29-28-35(3,4)5/h32H,6-31H2,1-5H3/p+1. The Balaban J connectivity index is 4.08. The number of phosphoric acid groups is 1. The number of likely N-dealkylation sites (N-methyl/N-ethyl adjacent to an activating group) is 1. The molecule has 262 valence electrons. The maximum Gasteiger partial charge on any atom is 0.472 e. The van der Waals surface area contributed by atoms with Gasteiger partial charge in [-0.25, -0.2) is 4.57 Å². The second-order valence-electron chi connectivity index (χ2n) is 13.3. The van der Waals surface area contributed by atoms with E-state index in [0.29, 0.717) is 23.9 Å².